The number of rotatable bonds is 8. The maximum absolute atomic E-state index is 12.1. The number of thioether (sulfide) groups is 1. The zero-order chi connectivity index (χ0) is 17.4. The highest BCUT2D eigenvalue weighted by molar-refractivity contribution is 7.98. The number of hydrogen-bond donors (Lipinski definition) is 1. The van der Waals surface area contributed by atoms with Crippen LogP contribution in [0.25, 0.3) is 0 Å². The van der Waals surface area contributed by atoms with E-state index in [4.69, 9.17) is 16.3 Å². The molecule has 1 atom stereocenters. The fraction of sp³-hybridized carbons (Fsp3) is 0.316. The second-order valence-electron chi connectivity index (χ2n) is 5.46. The number of hydrogen-bond acceptors (Lipinski definition) is 3. The zero-order valence-corrected chi connectivity index (χ0v) is 15.5. The zero-order valence-electron chi connectivity index (χ0n) is 13.9. The molecule has 0 aliphatic heterocycles. The molecule has 0 heterocycles. The Kier molecular flexibility index (Phi) is 7.47. The normalized spacial score (nSPS) is 11.8. The third kappa shape index (κ3) is 5.77. The summed E-state index contributed by atoms with van der Waals surface area (Å²) in [6.45, 7) is 4.33. The van der Waals surface area contributed by atoms with E-state index in [1.807, 2.05) is 55.5 Å². The average molecular weight is 364 g/mol. The van der Waals surface area contributed by atoms with Crippen molar-refractivity contribution in [2.24, 2.45) is 0 Å². The lowest BCUT2D eigenvalue weighted by atomic mass is 10.2. The van der Waals surface area contributed by atoms with Crippen LogP contribution in [0, 0.1) is 6.92 Å². The summed E-state index contributed by atoms with van der Waals surface area (Å²) >= 11 is 7.86. The number of aryl methyl sites for hydroxylation is 1. The molecule has 24 heavy (non-hydrogen) atoms. The Morgan fingerprint density at radius 2 is 1.92 bits per heavy atom. The molecule has 1 amide bonds. The number of nitrogens with one attached hydrogen (secondary N) is 1. The van der Waals surface area contributed by atoms with Gasteiger partial charge in [-0.05, 0) is 37.1 Å². The van der Waals surface area contributed by atoms with Gasteiger partial charge in [0.15, 0.2) is 6.10 Å². The molecule has 3 nitrogen and oxygen atoms in total. The van der Waals surface area contributed by atoms with Crippen molar-refractivity contribution in [3.05, 3.63) is 64.7 Å². The van der Waals surface area contributed by atoms with Crippen molar-refractivity contribution < 1.29 is 9.53 Å². The maximum Gasteiger partial charge on any atom is 0.260 e. The lowest BCUT2D eigenvalue weighted by molar-refractivity contribution is -0.127. The third-order valence-corrected chi connectivity index (χ3v) is 4.90. The molecule has 2 rings (SSSR count). The molecule has 0 aliphatic carbocycles. The van der Waals surface area contributed by atoms with E-state index in [-0.39, 0.29) is 5.91 Å². The number of amides is 1. The number of para-hydroxylation sites is 1. The summed E-state index contributed by atoms with van der Waals surface area (Å²) in [6.07, 6.45) is -0.514. The molecule has 5 heteroatoms. The van der Waals surface area contributed by atoms with Crippen molar-refractivity contribution in [2.75, 3.05) is 12.3 Å². The average Bonchev–Trinajstić information content (AvgIpc) is 2.58. The third-order valence-electron chi connectivity index (χ3n) is 3.53. The van der Waals surface area contributed by atoms with Crippen LogP contribution in [0.4, 0.5) is 0 Å². The molecule has 0 bridgehead atoms. The Hall–Kier alpha value is -1.65. The van der Waals surface area contributed by atoms with Gasteiger partial charge in [0.25, 0.3) is 5.91 Å². The second-order valence-corrected chi connectivity index (χ2v) is 6.97. The molecule has 0 aliphatic rings. The monoisotopic (exact) mass is 363 g/mol. The number of carbonyl (C=O) groups is 1. The van der Waals surface area contributed by atoms with Gasteiger partial charge in [0.05, 0.1) is 0 Å². The van der Waals surface area contributed by atoms with Gasteiger partial charge in [-0.15, -0.1) is 0 Å². The number of benzene rings is 2. The van der Waals surface area contributed by atoms with Gasteiger partial charge < -0.3 is 10.1 Å². The first-order valence-corrected chi connectivity index (χ1v) is 9.42. The SMILES string of the molecule is Cc1ccccc1O[C@@H](C)C(=O)NCCSCc1ccccc1Cl. The Morgan fingerprint density at radius 1 is 1.21 bits per heavy atom. The van der Waals surface area contributed by atoms with Gasteiger partial charge in [-0.25, -0.2) is 0 Å². The minimum absolute atomic E-state index is 0.100. The van der Waals surface area contributed by atoms with E-state index < -0.39 is 6.10 Å². The van der Waals surface area contributed by atoms with Gasteiger partial charge in [-0.1, -0.05) is 48.0 Å². The Morgan fingerprint density at radius 3 is 2.67 bits per heavy atom. The standard InChI is InChI=1S/C19H22ClNO2S/c1-14-7-3-6-10-18(14)23-15(2)19(22)21-11-12-24-13-16-8-4-5-9-17(16)20/h3-10,15H,11-13H2,1-2H3,(H,21,22)/t15-/m0/s1. The van der Waals surface area contributed by atoms with Crippen LogP contribution in [0.15, 0.2) is 48.5 Å². The summed E-state index contributed by atoms with van der Waals surface area (Å²) in [6, 6.07) is 15.5. The van der Waals surface area contributed by atoms with Crippen LogP contribution in [0.1, 0.15) is 18.1 Å². The molecule has 128 valence electrons. The van der Waals surface area contributed by atoms with Gasteiger partial charge in [0, 0.05) is 23.1 Å². The van der Waals surface area contributed by atoms with Crippen LogP contribution in [-0.4, -0.2) is 24.3 Å². The smallest absolute Gasteiger partial charge is 0.260 e. The first-order valence-electron chi connectivity index (χ1n) is 7.89. The topological polar surface area (TPSA) is 38.3 Å². The van der Waals surface area contributed by atoms with Gasteiger partial charge in [0.1, 0.15) is 5.75 Å². The predicted molar refractivity (Wildman–Crippen MR) is 102 cm³/mol. The Labute approximate surface area is 152 Å². The largest absolute Gasteiger partial charge is 0.481 e. The van der Waals surface area contributed by atoms with Crippen LogP contribution < -0.4 is 10.1 Å². The van der Waals surface area contributed by atoms with E-state index in [9.17, 15) is 4.79 Å². The Balaban J connectivity index is 1.67. The quantitative estimate of drug-likeness (QED) is 0.703. The maximum atomic E-state index is 12.1. The highest BCUT2D eigenvalue weighted by Crippen LogP contribution is 2.20. The van der Waals surface area contributed by atoms with Gasteiger partial charge in [-0.3, -0.25) is 4.79 Å². The van der Waals surface area contributed by atoms with Crippen molar-refractivity contribution in [3.63, 3.8) is 0 Å². The van der Waals surface area contributed by atoms with Gasteiger partial charge >= 0.3 is 0 Å². The van der Waals surface area contributed by atoms with E-state index in [0.29, 0.717) is 6.54 Å². The van der Waals surface area contributed by atoms with E-state index in [1.165, 1.54) is 0 Å². The molecular formula is C19H22ClNO2S. The van der Waals surface area contributed by atoms with Crippen molar-refractivity contribution in [3.8, 4) is 5.75 Å². The number of halogens is 1. The Bertz CT molecular complexity index is 678. The highest BCUT2D eigenvalue weighted by Gasteiger charge is 2.14. The first-order chi connectivity index (χ1) is 11.6. The summed E-state index contributed by atoms with van der Waals surface area (Å²) in [5.74, 6) is 2.31. The van der Waals surface area contributed by atoms with E-state index in [2.05, 4.69) is 5.32 Å². The lowest BCUT2D eigenvalue weighted by Crippen LogP contribution is -2.37. The van der Waals surface area contributed by atoms with E-state index in [0.717, 1.165) is 33.4 Å². The predicted octanol–water partition coefficient (Wildman–Crippen LogP) is 4.47. The summed E-state index contributed by atoms with van der Waals surface area (Å²) in [5.41, 5.74) is 2.14. The van der Waals surface area contributed by atoms with E-state index in [1.54, 1.807) is 18.7 Å². The molecule has 0 radical (unpaired) electrons. The molecular weight excluding hydrogens is 342 g/mol. The molecule has 0 aromatic heterocycles. The number of carbonyl (C=O) groups excluding carboxylic acids is 1. The summed E-state index contributed by atoms with van der Waals surface area (Å²) < 4.78 is 5.71. The highest BCUT2D eigenvalue weighted by atomic mass is 35.5. The first kappa shape index (κ1) is 18.7. The summed E-state index contributed by atoms with van der Waals surface area (Å²) in [4.78, 5) is 12.1. The van der Waals surface area contributed by atoms with Crippen LogP contribution in [0.2, 0.25) is 5.02 Å². The van der Waals surface area contributed by atoms with E-state index >= 15 is 0 Å². The molecule has 1 N–H and O–H groups in total. The fourth-order valence-electron chi connectivity index (χ4n) is 2.12. The van der Waals surface area contributed by atoms with Crippen LogP contribution in [0.5, 0.6) is 5.75 Å². The molecule has 0 saturated heterocycles. The molecule has 0 unspecified atom stereocenters. The van der Waals surface area contributed by atoms with Crippen LogP contribution in [0.3, 0.4) is 0 Å². The minimum Gasteiger partial charge on any atom is -0.481 e. The van der Waals surface area contributed by atoms with Crippen molar-refractivity contribution in [2.45, 2.75) is 25.7 Å². The minimum atomic E-state index is -0.514. The van der Waals surface area contributed by atoms with Crippen molar-refractivity contribution in [1.82, 2.24) is 5.32 Å². The van der Waals surface area contributed by atoms with Crippen molar-refractivity contribution >= 4 is 29.3 Å². The molecule has 0 saturated carbocycles. The summed E-state index contributed by atoms with van der Waals surface area (Å²) in [5, 5.41) is 3.69. The number of ether oxygens (including phenoxy) is 1. The summed E-state index contributed by atoms with van der Waals surface area (Å²) in [7, 11) is 0. The second kappa shape index (κ2) is 9.60. The molecule has 2 aromatic rings. The fourth-order valence-corrected chi connectivity index (χ4v) is 3.26. The van der Waals surface area contributed by atoms with Gasteiger partial charge in [0.2, 0.25) is 0 Å². The lowest BCUT2D eigenvalue weighted by Gasteiger charge is -2.16. The van der Waals surface area contributed by atoms with Gasteiger partial charge in [-0.2, -0.15) is 11.8 Å². The van der Waals surface area contributed by atoms with Crippen LogP contribution in [-0.2, 0) is 10.5 Å². The molecule has 2 aromatic carbocycles. The van der Waals surface area contributed by atoms with Crippen LogP contribution >= 0.6 is 23.4 Å². The van der Waals surface area contributed by atoms with Crippen molar-refractivity contribution in [1.29, 1.82) is 0 Å². The molecule has 0 fully saturated rings. The molecule has 0 spiro atoms.